The van der Waals surface area contributed by atoms with Gasteiger partial charge < -0.3 is 4.90 Å². The van der Waals surface area contributed by atoms with Gasteiger partial charge in [-0.1, -0.05) is 30.3 Å². The zero-order valence-corrected chi connectivity index (χ0v) is 17.9. The summed E-state index contributed by atoms with van der Waals surface area (Å²) < 4.78 is 41.0. The van der Waals surface area contributed by atoms with Gasteiger partial charge in [0, 0.05) is 32.2 Å². The summed E-state index contributed by atoms with van der Waals surface area (Å²) in [7, 11) is -3.50. The van der Waals surface area contributed by atoms with Crippen LogP contribution in [0.4, 0.5) is 4.39 Å². The Morgan fingerprint density at radius 3 is 2.22 bits per heavy atom. The van der Waals surface area contributed by atoms with Crippen LogP contribution in [-0.4, -0.2) is 59.5 Å². The molecule has 10 heteroatoms. The molecule has 0 spiro atoms. The van der Waals surface area contributed by atoms with Crippen LogP contribution < -0.4 is 5.56 Å². The molecule has 2 heterocycles. The zero-order chi connectivity index (χ0) is 22.7. The molecule has 0 atom stereocenters. The van der Waals surface area contributed by atoms with Crippen LogP contribution >= 0.6 is 0 Å². The molecule has 166 valence electrons. The average molecular weight is 456 g/mol. The van der Waals surface area contributed by atoms with Gasteiger partial charge in [-0.2, -0.15) is 14.1 Å². The number of halogens is 1. The van der Waals surface area contributed by atoms with Crippen molar-refractivity contribution in [2.45, 2.75) is 5.75 Å². The van der Waals surface area contributed by atoms with Crippen molar-refractivity contribution < 1.29 is 17.6 Å². The summed E-state index contributed by atoms with van der Waals surface area (Å²) in [6.07, 6.45) is 0. The maximum atomic E-state index is 13.2. The fourth-order valence-corrected chi connectivity index (χ4v) is 5.02. The first kappa shape index (κ1) is 21.8. The molecule has 1 aliphatic rings. The normalized spacial score (nSPS) is 15.0. The molecule has 1 aromatic heterocycles. The first-order valence-electron chi connectivity index (χ1n) is 10.0. The molecule has 0 bridgehead atoms. The number of benzene rings is 2. The second kappa shape index (κ2) is 9.01. The maximum Gasteiger partial charge on any atom is 0.274 e. The second-order valence-electron chi connectivity index (χ2n) is 7.38. The Hall–Kier alpha value is -3.37. The Morgan fingerprint density at radius 2 is 1.56 bits per heavy atom. The highest BCUT2D eigenvalue weighted by molar-refractivity contribution is 7.88. The molecule has 1 amide bonds. The smallest absolute Gasteiger partial charge is 0.274 e. The summed E-state index contributed by atoms with van der Waals surface area (Å²) in [5.41, 5.74) is 0.639. The fourth-order valence-electron chi connectivity index (χ4n) is 3.50. The molecule has 32 heavy (non-hydrogen) atoms. The number of hydrogen-bond donors (Lipinski definition) is 0. The van der Waals surface area contributed by atoms with Gasteiger partial charge in [0.1, 0.15) is 11.5 Å². The maximum absolute atomic E-state index is 13.2. The van der Waals surface area contributed by atoms with Crippen LogP contribution in [-0.2, 0) is 15.8 Å². The van der Waals surface area contributed by atoms with Crippen molar-refractivity contribution in [1.82, 2.24) is 19.0 Å². The predicted molar refractivity (Wildman–Crippen MR) is 116 cm³/mol. The van der Waals surface area contributed by atoms with Crippen molar-refractivity contribution in [2.75, 3.05) is 26.2 Å². The van der Waals surface area contributed by atoms with Crippen LogP contribution in [0.1, 0.15) is 16.1 Å². The summed E-state index contributed by atoms with van der Waals surface area (Å²) in [6, 6.07) is 16.7. The van der Waals surface area contributed by atoms with Crippen LogP contribution in [0, 0.1) is 5.82 Å². The Balaban J connectivity index is 1.45. The van der Waals surface area contributed by atoms with Gasteiger partial charge in [0.2, 0.25) is 10.0 Å². The Labute approximate surface area is 184 Å². The minimum atomic E-state index is -3.50. The number of rotatable bonds is 5. The van der Waals surface area contributed by atoms with Crippen LogP contribution in [0.5, 0.6) is 0 Å². The summed E-state index contributed by atoms with van der Waals surface area (Å²) in [5.74, 6) is -0.943. The van der Waals surface area contributed by atoms with Crippen LogP contribution in [0.2, 0.25) is 0 Å². The molecule has 0 N–H and O–H groups in total. The third-order valence-corrected chi connectivity index (χ3v) is 7.05. The van der Waals surface area contributed by atoms with Gasteiger partial charge in [-0.3, -0.25) is 9.59 Å². The van der Waals surface area contributed by atoms with Crippen molar-refractivity contribution >= 4 is 15.9 Å². The molecular formula is C22H21FN4O4S. The number of hydrogen-bond acceptors (Lipinski definition) is 5. The molecule has 1 aliphatic heterocycles. The Kier molecular flexibility index (Phi) is 6.15. The molecule has 2 aromatic carbocycles. The van der Waals surface area contributed by atoms with Crippen molar-refractivity contribution in [3.05, 3.63) is 94.2 Å². The molecule has 1 fully saturated rings. The highest BCUT2D eigenvalue weighted by atomic mass is 32.2. The predicted octanol–water partition coefficient (Wildman–Crippen LogP) is 1.66. The lowest BCUT2D eigenvalue weighted by atomic mass is 10.2. The lowest BCUT2D eigenvalue weighted by Crippen LogP contribution is -2.51. The Bertz CT molecular complexity index is 1270. The molecule has 0 unspecified atom stereocenters. The largest absolute Gasteiger partial charge is 0.335 e. The van der Waals surface area contributed by atoms with Gasteiger partial charge in [-0.05, 0) is 35.9 Å². The highest BCUT2D eigenvalue weighted by Gasteiger charge is 2.30. The third-order valence-electron chi connectivity index (χ3n) is 5.20. The molecule has 1 saturated heterocycles. The van der Waals surface area contributed by atoms with E-state index >= 15 is 0 Å². The molecular weight excluding hydrogens is 435 g/mol. The number of sulfonamides is 1. The molecule has 0 radical (unpaired) electrons. The first-order valence-corrected chi connectivity index (χ1v) is 11.6. The molecule has 4 rings (SSSR count). The van der Waals surface area contributed by atoms with Crippen LogP contribution in [0.25, 0.3) is 5.69 Å². The number of aromatic nitrogens is 2. The van der Waals surface area contributed by atoms with E-state index in [0.29, 0.717) is 11.3 Å². The monoisotopic (exact) mass is 456 g/mol. The van der Waals surface area contributed by atoms with E-state index in [0.717, 1.165) is 4.68 Å². The SMILES string of the molecule is O=C(c1ccc(=O)n(-c2ccc(F)cc2)n1)N1CCN(S(=O)(=O)Cc2ccccc2)CC1. The second-order valence-corrected chi connectivity index (χ2v) is 9.35. The number of piperazine rings is 1. The molecule has 3 aromatic rings. The van der Waals surface area contributed by atoms with Gasteiger partial charge in [-0.25, -0.2) is 12.8 Å². The van der Waals surface area contributed by atoms with E-state index in [4.69, 9.17) is 0 Å². The average Bonchev–Trinajstić information content (AvgIpc) is 2.80. The molecule has 8 nitrogen and oxygen atoms in total. The van der Waals surface area contributed by atoms with Gasteiger partial charge in [0.25, 0.3) is 11.5 Å². The van der Waals surface area contributed by atoms with E-state index in [2.05, 4.69) is 5.10 Å². The van der Waals surface area contributed by atoms with E-state index in [1.807, 2.05) is 6.07 Å². The van der Waals surface area contributed by atoms with E-state index in [-0.39, 0.29) is 37.6 Å². The number of amides is 1. The van der Waals surface area contributed by atoms with Crippen LogP contribution in [0.3, 0.4) is 0 Å². The van der Waals surface area contributed by atoms with Gasteiger partial charge in [0.15, 0.2) is 0 Å². The third kappa shape index (κ3) is 4.76. The quantitative estimate of drug-likeness (QED) is 0.582. The van der Waals surface area contributed by atoms with Crippen molar-refractivity contribution in [3.63, 3.8) is 0 Å². The van der Waals surface area contributed by atoms with Crippen molar-refractivity contribution in [2.24, 2.45) is 0 Å². The van der Waals surface area contributed by atoms with E-state index < -0.39 is 27.3 Å². The van der Waals surface area contributed by atoms with E-state index in [1.54, 1.807) is 24.3 Å². The lowest BCUT2D eigenvalue weighted by molar-refractivity contribution is 0.0689. The van der Waals surface area contributed by atoms with Crippen molar-refractivity contribution in [3.8, 4) is 5.69 Å². The topological polar surface area (TPSA) is 92.6 Å². The molecule has 0 aliphatic carbocycles. The summed E-state index contributed by atoms with van der Waals surface area (Å²) in [5, 5.41) is 4.13. The minimum Gasteiger partial charge on any atom is -0.335 e. The van der Waals surface area contributed by atoms with Gasteiger partial charge in [-0.15, -0.1) is 0 Å². The van der Waals surface area contributed by atoms with E-state index in [9.17, 15) is 22.4 Å². The van der Waals surface area contributed by atoms with E-state index in [1.165, 1.54) is 45.6 Å². The number of nitrogens with zero attached hydrogens (tertiary/aromatic N) is 4. The minimum absolute atomic E-state index is 0.0505. The van der Waals surface area contributed by atoms with Crippen molar-refractivity contribution in [1.29, 1.82) is 0 Å². The fraction of sp³-hybridized carbons (Fsp3) is 0.227. The highest BCUT2D eigenvalue weighted by Crippen LogP contribution is 2.15. The number of carbonyl (C=O) groups excluding carboxylic acids is 1. The summed E-state index contributed by atoms with van der Waals surface area (Å²) >= 11 is 0. The summed E-state index contributed by atoms with van der Waals surface area (Å²) in [6.45, 7) is 0.783. The molecule has 0 saturated carbocycles. The Morgan fingerprint density at radius 1 is 0.906 bits per heavy atom. The van der Waals surface area contributed by atoms with Gasteiger partial charge >= 0.3 is 0 Å². The first-order chi connectivity index (χ1) is 15.3. The zero-order valence-electron chi connectivity index (χ0n) is 17.1. The lowest BCUT2D eigenvalue weighted by Gasteiger charge is -2.33. The van der Waals surface area contributed by atoms with Gasteiger partial charge in [0.05, 0.1) is 11.4 Å². The number of carbonyl (C=O) groups is 1. The van der Waals surface area contributed by atoms with Crippen LogP contribution in [0.15, 0.2) is 71.5 Å². The standard InChI is InChI=1S/C22H21FN4O4S/c23-18-6-8-19(9-7-18)27-21(28)11-10-20(24-27)22(29)25-12-14-26(15-13-25)32(30,31)16-17-4-2-1-3-5-17/h1-11H,12-16H2. The summed E-state index contributed by atoms with van der Waals surface area (Å²) in [4.78, 5) is 26.6.